The van der Waals surface area contributed by atoms with Crippen LogP contribution in [0.5, 0.6) is 0 Å². The zero-order chi connectivity index (χ0) is 11.3. The van der Waals surface area contributed by atoms with Crippen molar-refractivity contribution in [2.75, 3.05) is 7.05 Å². The van der Waals surface area contributed by atoms with E-state index in [0.717, 1.165) is 5.92 Å². The second-order valence-corrected chi connectivity index (χ2v) is 6.96. The van der Waals surface area contributed by atoms with Gasteiger partial charge in [0.25, 0.3) is 0 Å². The fourth-order valence-corrected chi connectivity index (χ4v) is 3.37. The molecule has 1 N–H and O–H groups in total. The number of halogens is 1. The van der Waals surface area contributed by atoms with Gasteiger partial charge >= 0.3 is 0 Å². The lowest BCUT2D eigenvalue weighted by atomic mass is 9.94. The highest BCUT2D eigenvalue weighted by atomic mass is 127. The molecule has 0 saturated carbocycles. The van der Waals surface area contributed by atoms with Crippen molar-refractivity contribution in [2.24, 2.45) is 5.92 Å². The highest BCUT2D eigenvalue weighted by molar-refractivity contribution is 14.1. The quantitative estimate of drug-likeness (QED) is 0.757. The van der Waals surface area contributed by atoms with Gasteiger partial charge in [-0.3, -0.25) is 0 Å². The number of rotatable bonds is 6. The molecule has 15 heavy (non-hydrogen) atoms. The second-order valence-electron chi connectivity index (χ2n) is 4.15. The van der Waals surface area contributed by atoms with Crippen LogP contribution < -0.4 is 5.32 Å². The molecule has 0 aliphatic rings. The van der Waals surface area contributed by atoms with Gasteiger partial charge in [0.05, 0.1) is 2.88 Å². The molecule has 0 bridgehead atoms. The number of hydrogen-bond donors (Lipinski definition) is 1. The van der Waals surface area contributed by atoms with Crippen LogP contribution in [0.3, 0.4) is 0 Å². The van der Waals surface area contributed by atoms with Gasteiger partial charge in [-0.15, -0.1) is 11.3 Å². The summed E-state index contributed by atoms with van der Waals surface area (Å²) in [4.78, 5) is 0. The minimum Gasteiger partial charge on any atom is -0.313 e. The van der Waals surface area contributed by atoms with Crippen LogP contribution in [-0.4, -0.2) is 7.05 Å². The van der Waals surface area contributed by atoms with Crippen LogP contribution in [0.2, 0.25) is 0 Å². The molecule has 0 amide bonds. The van der Waals surface area contributed by atoms with Gasteiger partial charge < -0.3 is 5.32 Å². The summed E-state index contributed by atoms with van der Waals surface area (Å²) < 4.78 is 1.38. The van der Waals surface area contributed by atoms with E-state index in [1.54, 1.807) is 0 Å². The maximum Gasteiger partial charge on any atom is 0.0656 e. The van der Waals surface area contributed by atoms with E-state index in [1.807, 2.05) is 11.3 Å². The predicted octanol–water partition coefficient (Wildman–Crippen LogP) is 4.44. The van der Waals surface area contributed by atoms with Gasteiger partial charge in [0.1, 0.15) is 0 Å². The number of thiophene rings is 1. The standard InChI is InChI=1S/C12H20INS/c1-4-5-9(2)6-11(14-3)10-7-12(13)15-8-10/h7-9,11,14H,4-6H2,1-3H3. The van der Waals surface area contributed by atoms with Gasteiger partial charge in [0, 0.05) is 6.04 Å². The van der Waals surface area contributed by atoms with Gasteiger partial charge in [0.2, 0.25) is 0 Å². The first-order valence-corrected chi connectivity index (χ1v) is 7.54. The molecule has 1 rings (SSSR count). The van der Waals surface area contributed by atoms with E-state index in [1.165, 1.54) is 27.7 Å². The number of nitrogens with one attached hydrogen (secondary N) is 1. The van der Waals surface area contributed by atoms with E-state index < -0.39 is 0 Å². The summed E-state index contributed by atoms with van der Waals surface area (Å²) in [5.41, 5.74) is 1.45. The van der Waals surface area contributed by atoms with Crippen molar-refractivity contribution in [3.05, 3.63) is 19.9 Å². The Hall–Kier alpha value is 0.390. The third kappa shape index (κ3) is 4.41. The maximum absolute atomic E-state index is 3.42. The molecule has 0 radical (unpaired) electrons. The zero-order valence-electron chi connectivity index (χ0n) is 9.72. The Morgan fingerprint density at radius 2 is 2.27 bits per heavy atom. The highest BCUT2D eigenvalue weighted by Crippen LogP contribution is 2.27. The summed E-state index contributed by atoms with van der Waals surface area (Å²) in [7, 11) is 2.06. The Morgan fingerprint density at radius 1 is 1.53 bits per heavy atom. The first-order chi connectivity index (χ1) is 7.17. The molecule has 1 aromatic rings. The molecule has 2 atom stereocenters. The predicted molar refractivity (Wildman–Crippen MR) is 77.5 cm³/mol. The molecule has 1 nitrogen and oxygen atoms in total. The van der Waals surface area contributed by atoms with Gasteiger partial charge in [-0.25, -0.2) is 0 Å². The van der Waals surface area contributed by atoms with Crippen LogP contribution in [0.15, 0.2) is 11.4 Å². The van der Waals surface area contributed by atoms with E-state index in [9.17, 15) is 0 Å². The summed E-state index contributed by atoms with van der Waals surface area (Å²) in [5, 5.41) is 5.70. The van der Waals surface area contributed by atoms with Crippen LogP contribution in [-0.2, 0) is 0 Å². The van der Waals surface area contributed by atoms with Crippen molar-refractivity contribution in [3.63, 3.8) is 0 Å². The van der Waals surface area contributed by atoms with Crippen molar-refractivity contribution in [2.45, 2.75) is 39.2 Å². The van der Waals surface area contributed by atoms with Crippen LogP contribution in [0.25, 0.3) is 0 Å². The minimum atomic E-state index is 0.534. The Labute approximate surface area is 111 Å². The molecule has 2 unspecified atom stereocenters. The monoisotopic (exact) mass is 337 g/mol. The number of hydrogen-bond acceptors (Lipinski definition) is 2. The van der Waals surface area contributed by atoms with Gasteiger partial charge in [-0.2, -0.15) is 0 Å². The summed E-state index contributed by atoms with van der Waals surface area (Å²) in [6, 6.07) is 2.83. The fourth-order valence-electron chi connectivity index (χ4n) is 1.94. The lowest BCUT2D eigenvalue weighted by Gasteiger charge is -2.19. The zero-order valence-corrected chi connectivity index (χ0v) is 12.7. The Bertz CT molecular complexity index is 285. The summed E-state index contributed by atoms with van der Waals surface area (Å²) in [6.45, 7) is 4.61. The van der Waals surface area contributed by atoms with Crippen molar-refractivity contribution >= 4 is 33.9 Å². The lowest BCUT2D eigenvalue weighted by Crippen LogP contribution is -2.18. The van der Waals surface area contributed by atoms with Crippen molar-refractivity contribution < 1.29 is 0 Å². The van der Waals surface area contributed by atoms with Crippen molar-refractivity contribution in [1.29, 1.82) is 0 Å². The Morgan fingerprint density at radius 3 is 2.73 bits per heavy atom. The highest BCUT2D eigenvalue weighted by Gasteiger charge is 2.14. The average molecular weight is 337 g/mol. The topological polar surface area (TPSA) is 12.0 Å². The smallest absolute Gasteiger partial charge is 0.0656 e. The second kappa shape index (κ2) is 6.86. The molecule has 0 fully saturated rings. The van der Waals surface area contributed by atoms with E-state index in [-0.39, 0.29) is 0 Å². The molecular weight excluding hydrogens is 317 g/mol. The normalized spacial score (nSPS) is 15.2. The third-order valence-corrected chi connectivity index (χ3v) is 4.57. The summed E-state index contributed by atoms with van der Waals surface area (Å²) >= 11 is 4.23. The van der Waals surface area contributed by atoms with Crippen molar-refractivity contribution in [3.8, 4) is 0 Å². The van der Waals surface area contributed by atoms with E-state index in [4.69, 9.17) is 0 Å². The third-order valence-electron chi connectivity index (χ3n) is 2.76. The van der Waals surface area contributed by atoms with Crippen LogP contribution >= 0.6 is 33.9 Å². The molecular formula is C12H20INS. The average Bonchev–Trinajstić information content (AvgIpc) is 2.61. The molecule has 0 aliphatic carbocycles. The molecule has 1 heterocycles. The van der Waals surface area contributed by atoms with Gasteiger partial charge in [0.15, 0.2) is 0 Å². The van der Waals surface area contributed by atoms with E-state index >= 15 is 0 Å². The lowest BCUT2D eigenvalue weighted by molar-refractivity contribution is 0.407. The van der Waals surface area contributed by atoms with Crippen LogP contribution in [0.4, 0.5) is 0 Å². The van der Waals surface area contributed by atoms with Crippen LogP contribution in [0.1, 0.15) is 44.7 Å². The molecule has 0 aromatic carbocycles. The van der Waals surface area contributed by atoms with Crippen LogP contribution in [0, 0.1) is 8.80 Å². The molecule has 1 aromatic heterocycles. The first-order valence-electron chi connectivity index (χ1n) is 5.58. The van der Waals surface area contributed by atoms with Crippen molar-refractivity contribution in [1.82, 2.24) is 5.32 Å². The fraction of sp³-hybridized carbons (Fsp3) is 0.667. The molecule has 0 spiro atoms. The maximum atomic E-state index is 3.42. The molecule has 86 valence electrons. The largest absolute Gasteiger partial charge is 0.313 e. The van der Waals surface area contributed by atoms with E-state index in [2.05, 4.69) is 60.2 Å². The minimum absolute atomic E-state index is 0.534. The Balaban J connectivity index is 2.56. The van der Waals surface area contributed by atoms with Gasteiger partial charge in [-0.1, -0.05) is 26.7 Å². The summed E-state index contributed by atoms with van der Waals surface area (Å²) in [6.07, 6.45) is 3.87. The summed E-state index contributed by atoms with van der Waals surface area (Å²) in [5.74, 6) is 0.810. The van der Waals surface area contributed by atoms with Gasteiger partial charge in [-0.05, 0) is 59.0 Å². The molecule has 0 aliphatic heterocycles. The SMILES string of the molecule is CCCC(C)CC(NC)c1csc(I)c1. The van der Waals surface area contributed by atoms with E-state index in [0.29, 0.717) is 6.04 Å². The Kier molecular flexibility index (Phi) is 6.16. The first kappa shape index (κ1) is 13.5. The molecule has 3 heteroatoms. The molecule has 0 saturated heterocycles.